The van der Waals surface area contributed by atoms with E-state index in [2.05, 4.69) is 12.0 Å². The molecule has 2 rings (SSSR count). The number of aromatic nitrogens is 2. The predicted octanol–water partition coefficient (Wildman–Crippen LogP) is 3.50. The largest absolute Gasteiger partial charge is 0.461 e. The lowest BCUT2D eigenvalue weighted by Gasteiger charge is -2.06. The minimum atomic E-state index is -0.116. The van der Waals surface area contributed by atoms with E-state index in [1.54, 1.807) is 10.9 Å². The lowest BCUT2D eigenvalue weighted by molar-refractivity contribution is -0.145. The summed E-state index contributed by atoms with van der Waals surface area (Å²) >= 11 is 0. The van der Waals surface area contributed by atoms with E-state index in [-0.39, 0.29) is 5.97 Å². The minimum absolute atomic E-state index is 0.116. The second kappa shape index (κ2) is 7.48. The van der Waals surface area contributed by atoms with Gasteiger partial charge in [-0.25, -0.2) is 4.68 Å². The molecule has 0 saturated carbocycles. The Morgan fingerprint density at radius 3 is 2.70 bits per heavy atom. The Morgan fingerprint density at radius 1 is 1.25 bits per heavy atom. The van der Waals surface area contributed by atoms with Crippen LogP contribution in [-0.2, 0) is 16.1 Å². The fraction of sp³-hybridized carbons (Fsp3) is 0.375. The summed E-state index contributed by atoms with van der Waals surface area (Å²) in [6.07, 6.45) is 7.25. The zero-order valence-electron chi connectivity index (χ0n) is 11.8. The average Bonchev–Trinajstić information content (AvgIpc) is 3.00. The molecule has 20 heavy (non-hydrogen) atoms. The van der Waals surface area contributed by atoms with Gasteiger partial charge in [0, 0.05) is 18.8 Å². The number of hydrogen-bond acceptors (Lipinski definition) is 3. The summed E-state index contributed by atoms with van der Waals surface area (Å²) < 4.78 is 7.04. The number of unbranched alkanes of at least 4 members (excludes halogenated alkanes) is 2. The van der Waals surface area contributed by atoms with E-state index in [4.69, 9.17) is 4.74 Å². The van der Waals surface area contributed by atoms with Gasteiger partial charge in [0.15, 0.2) is 0 Å². The van der Waals surface area contributed by atoms with E-state index >= 15 is 0 Å². The van der Waals surface area contributed by atoms with E-state index in [1.807, 2.05) is 36.5 Å². The molecule has 0 spiro atoms. The summed E-state index contributed by atoms with van der Waals surface area (Å²) in [5.41, 5.74) is 1.98. The third kappa shape index (κ3) is 4.23. The first kappa shape index (κ1) is 14.3. The smallest absolute Gasteiger partial charge is 0.306 e. The van der Waals surface area contributed by atoms with Crippen LogP contribution in [0.2, 0.25) is 0 Å². The highest BCUT2D eigenvalue weighted by Gasteiger charge is 2.03. The molecule has 0 fully saturated rings. The average molecular weight is 272 g/mol. The molecule has 106 valence electrons. The summed E-state index contributed by atoms with van der Waals surface area (Å²) in [6.45, 7) is 2.46. The van der Waals surface area contributed by atoms with Gasteiger partial charge in [-0.05, 0) is 30.2 Å². The van der Waals surface area contributed by atoms with Gasteiger partial charge in [-0.2, -0.15) is 5.10 Å². The Morgan fingerprint density at radius 2 is 2.05 bits per heavy atom. The van der Waals surface area contributed by atoms with Gasteiger partial charge < -0.3 is 4.74 Å². The van der Waals surface area contributed by atoms with Gasteiger partial charge in [0.05, 0.1) is 5.69 Å². The highest BCUT2D eigenvalue weighted by Crippen LogP contribution is 2.10. The van der Waals surface area contributed by atoms with Crippen molar-refractivity contribution in [3.8, 4) is 5.69 Å². The first-order valence-corrected chi connectivity index (χ1v) is 7.04. The van der Waals surface area contributed by atoms with Gasteiger partial charge in [0.25, 0.3) is 0 Å². The van der Waals surface area contributed by atoms with Gasteiger partial charge in [-0.15, -0.1) is 0 Å². The second-order valence-electron chi connectivity index (χ2n) is 4.73. The van der Waals surface area contributed by atoms with Gasteiger partial charge in [0.1, 0.15) is 6.61 Å². The zero-order chi connectivity index (χ0) is 14.2. The van der Waals surface area contributed by atoms with Crippen molar-refractivity contribution in [2.75, 3.05) is 0 Å². The van der Waals surface area contributed by atoms with Gasteiger partial charge in [0.2, 0.25) is 0 Å². The molecule has 0 aliphatic carbocycles. The van der Waals surface area contributed by atoms with E-state index in [1.165, 1.54) is 0 Å². The van der Waals surface area contributed by atoms with Crippen LogP contribution < -0.4 is 0 Å². The monoisotopic (exact) mass is 272 g/mol. The van der Waals surface area contributed by atoms with Crippen molar-refractivity contribution in [3.63, 3.8) is 0 Å². The van der Waals surface area contributed by atoms with Crippen LogP contribution in [0.1, 0.15) is 38.2 Å². The van der Waals surface area contributed by atoms with Crippen molar-refractivity contribution in [1.29, 1.82) is 0 Å². The first-order chi connectivity index (χ1) is 9.79. The number of ether oxygens (including phenoxy) is 1. The number of rotatable bonds is 7. The van der Waals surface area contributed by atoms with Crippen LogP contribution in [0, 0.1) is 0 Å². The Kier molecular flexibility index (Phi) is 5.35. The van der Waals surface area contributed by atoms with E-state index < -0.39 is 0 Å². The van der Waals surface area contributed by atoms with Crippen LogP contribution in [-0.4, -0.2) is 15.7 Å². The second-order valence-corrected chi connectivity index (χ2v) is 4.73. The molecule has 1 aromatic carbocycles. The SMILES string of the molecule is CCCCCC(=O)OCc1ccc(-n2cccn2)cc1. The maximum atomic E-state index is 11.5. The van der Waals surface area contributed by atoms with Crippen molar-refractivity contribution in [3.05, 3.63) is 48.3 Å². The Labute approximate surface area is 119 Å². The summed E-state index contributed by atoms with van der Waals surface area (Å²) in [6, 6.07) is 9.72. The quantitative estimate of drug-likeness (QED) is 0.572. The molecule has 0 saturated heterocycles. The van der Waals surface area contributed by atoms with Crippen molar-refractivity contribution >= 4 is 5.97 Å². The molecule has 0 aliphatic heterocycles. The molecule has 1 aromatic heterocycles. The maximum absolute atomic E-state index is 11.5. The topological polar surface area (TPSA) is 44.1 Å². The number of carbonyl (C=O) groups is 1. The lowest BCUT2D eigenvalue weighted by Crippen LogP contribution is -2.04. The molecular formula is C16H20N2O2. The molecule has 2 aromatic rings. The molecule has 0 atom stereocenters. The highest BCUT2D eigenvalue weighted by molar-refractivity contribution is 5.69. The van der Waals surface area contributed by atoms with E-state index in [0.29, 0.717) is 13.0 Å². The molecule has 4 nitrogen and oxygen atoms in total. The molecule has 0 N–H and O–H groups in total. The molecule has 0 radical (unpaired) electrons. The normalized spacial score (nSPS) is 10.4. The van der Waals surface area contributed by atoms with Crippen LogP contribution in [0.15, 0.2) is 42.7 Å². The number of carbonyl (C=O) groups excluding carboxylic acids is 1. The molecule has 4 heteroatoms. The fourth-order valence-electron chi connectivity index (χ4n) is 1.92. The highest BCUT2D eigenvalue weighted by atomic mass is 16.5. The van der Waals surface area contributed by atoms with Crippen LogP contribution in [0.4, 0.5) is 0 Å². The molecule has 1 heterocycles. The van der Waals surface area contributed by atoms with Crippen LogP contribution in [0.3, 0.4) is 0 Å². The minimum Gasteiger partial charge on any atom is -0.461 e. The number of esters is 1. The van der Waals surface area contributed by atoms with E-state index in [9.17, 15) is 4.79 Å². The Bertz CT molecular complexity index is 518. The third-order valence-corrected chi connectivity index (χ3v) is 3.09. The molecule has 0 amide bonds. The zero-order valence-corrected chi connectivity index (χ0v) is 11.8. The number of hydrogen-bond donors (Lipinski definition) is 0. The fourth-order valence-corrected chi connectivity index (χ4v) is 1.92. The van der Waals surface area contributed by atoms with Crippen molar-refractivity contribution in [2.24, 2.45) is 0 Å². The molecular weight excluding hydrogens is 252 g/mol. The van der Waals surface area contributed by atoms with Crippen LogP contribution >= 0.6 is 0 Å². The Hall–Kier alpha value is -2.10. The maximum Gasteiger partial charge on any atom is 0.306 e. The van der Waals surface area contributed by atoms with Crippen molar-refractivity contribution in [1.82, 2.24) is 9.78 Å². The summed E-state index contributed by atoms with van der Waals surface area (Å²) in [4.78, 5) is 11.5. The number of nitrogens with zero attached hydrogens (tertiary/aromatic N) is 2. The lowest BCUT2D eigenvalue weighted by atomic mass is 10.2. The molecule has 0 bridgehead atoms. The third-order valence-electron chi connectivity index (χ3n) is 3.09. The Balaban J connectivity index is 1.81. The van der Waals surface area contributed by atoms with E-state index in [0.717, 1.165) is 30.5 Å². The summed E-state index contributed by atoms with van der Waals surface area (Å²) in [7, 11) is 0. The van der Waals surface area contributed by atoms with Crippen LogP contribution in [0.5, 0.6) is 0 Å². The van der Waals surface area contributed by atoms with Gasteiger partial charge in [-0.3, -0.25) is 4.79 Å². The van der Waals surface area contributed by atoms with Gasteiger partial charge >= 0.3 is 5.97 Å². The number of benzene rings is 1. The first-order valence-electron chi connectivity index (χ1n) is 7.04. The van der Waals surface area contributed by atoms with Crippen molar-refractivity contribution < 1.29 is 9.53 Å². The molecule has 0 aliphatic rings. The predicted molar refractivity (Wildman–Crippen MR) is 77.5 cm³/mol. The van der Waals surface area contributed by atoms with Gasteiger partial charge in [-0.1, -0.05) is 31.9 Å². The van der Waals surface area contributed by atoms with Crippen LogP contribution in [0.25, 0.3) is 5.69 Å². The molecule has 0 unspecified atom stereocenters. The standard InChI is InChI=1S/C16H20N2O2/c1-2-3-4-6-16(19)20-13-14-7-9-15(10-8-14)18-12-5-11-17-18/h5,7-12H,2-4,6,13H2,1H3. The van der Waals surface area contributed by atoms with Crippen molar-refractivity contribution in [2.45, 2.75) is 39.2 Å². The summed E-state index contributed by atoms with van der Waals surface area (Å²) in [5, 5.41) is 4.16. The summed E-state index contributed by atoms with van der Waals surface area (Å²) in [5.74, 6) is -0.116.